The van der Waals surface area contributed by atoms with E-state index in [0.717, 1.165) is 90.0 Å². The van der Waals surface area contributed by atoms with Crippen LogP contribution >= 0.6 is 0 Å². The van der Waals surface area contributed by atoms with Gasteiger partial charge in [-0.05, 0) is 120 Å². The third kappa shape index (κ3) is 5.31. The van der Waals surface area contributed by atoms with Gasteiger partial charge in [0.15, 0.2) is 11.2 Å². The van der Waals surface area contributed by atoms with Crippen molar-refractivity contribution in [1.82, 2.24) is 0 Å². The van der Waals surface area contributed by atoms with Gasteiger partial charge in [-0.2, -0.15) is 0 Å². The Morgan fingerprint density at radius 1 is 0.377 bits per heavy atom. The van der Waals surface area contributed by atoms with Crippen LogP contribution in [-0.2, 0) is 6.42 Å². The maximum Gasteiger partial charge on any atom is 0.159 e. The van der Waals surface area contributed by atoms with Crippen LogP contribution in [0.5, 0.6) is 0 Å². The van der Waals surface area contributed by atoms with E-state index in [1.807, 2.05) is 0 Å². The standard InChI is InChI=1S/C57H42N2O2/c1-5-37-15-9-19-43-45-21-11-23-51(57(45)61-55(37)43)59(41-17-7-13-35(3)33-41)49-31-27-39-24-28-46-48(30-26-38-25-29-47(49)53(39)52(38)46)58(40-16-6-12-34(2)32-40)50-22-10-20-44-42-18-8-14-36(4)54(42)60-56(44)50/h6-33H,5H2,1-4H3. The first kappa shape index (κ1) is 35.4. The normalized spacial score (nSPS) is 12.0. The van der Waals surface area contributed by atoms with E-state index in [2.05, 4.69) is 207 Å². The van der Waals surface area contributed by atoms with Crippen molar-refractivity contribution in [3.05, 3.63) is 192 Å². The lowest BCUT2D eigenvalue weighted by atomic mass is 9.91. The zero-order valence-corrected chi connectivity index (χ0v) is 34.6. The number of fused-ring (bicyclic) bond motifs is 6. The lowest BCUT2D eigenvalue weighted by Gasteiger charge is -2.29. The fourth-order valence-electron chi connectivity index (χ4n) is 9.95. The van der Waals surface area contributed by atoms with Crippen molar-refractivity contribution in [3.8, 4) is 0 Å². The summed E-state index contributed by atoms with van der Waals surface area (Å²) in [5, 5.41) is 11.7. The Labute approximate surface area is 353 Å². The molecule has 12 aromatic rings. The predicted octanol–water partition coefficient (Wildman–Crippen LogP) is 16.8. The summed E-state index contributed by atoms with van der Waals surface area (Å²) in [5.74, 6) is 0. The minimum atomic E-state index is 0.876. The Bertz CT molecular complexity index is 3700. The van der Waals surface area contributed by atoms with E-state index in [-0.39, 0.29) is 0 Å². The SMILES string of the molecule is CCc1cccc2c1oc1c(N(c3cccc(C)c3)c3ccc4ccc5c(N(c6cccc(C)c6)c6cccc7c6oc6c(C)cccc67)ccc6ccc3c4c65)cccc12. The van der Waals surface area contributed by atoms with E-state index in [1.165, 1.54) is 49.0 Å². The number of furan rings is 2. The Balaban J connectivity index is 1.14. The Hall–Kier alpha value is -7.56. The number of hydrogen-bond acceptors (Lipinski definition) is 4. The molecule has 0 N–H and O–H groups in total. The van der Waals surface area contributed by atoms with E-state index in [9.17, 15) is 0 Å². The van der Waals surface area contributed by atoms with E-state index < -0.39 is 0 Å². The van der Waals surface area contributed by atoms with Crippen molar-refractivity contribution in [2.45, 2.75) is 34.1 Å². The lowest BCUT2D eigenvalue weighted by Crippen LogP contribution is -2.12. The third-order valence-corrected chi connectivity index (χ3v) is 12.8. The highest BCUT2D eigenvalue weighted by molar-refractivity contribution is 6.28. The zero-order valence-electron chi connectivity index (χ0n) is 34.6. The molecule has 4 nitrogen and oxygen atoms in total. The molecule has 0 fully saturated rings. The second kappa shape index (κ2) is 13.5. The second-order valence-corrected chi connectivity index (χ2v) is 16.6. The van der Waals surface area contributed by atoms with Crippen LogP contribution in [-0.4, -0.2) is 0 Å². The first-order valence-electron chi connectivity index (χ1n) is 21.2. The highest BCUT2D eigenvalue weighted by Crippen LogP contribution is 2.50. The largest absolute Gasteiger partial charge is 0.454 e. The summed E-state index contributed by atoms with van der Waals surface area (Å²) in [5.41, 5.74) is 14.8. The predicted molar refractivity (Wildman–Crippen MR) is 258 cm³/mol. The highest BCUT2D eigenvalue weighted by Gasteiger charge is 2.26. The van der Waals surface area contributed by atoms with E-state index in [4.69, 9.17) is 8.83 Å². The number of anilines is 6. The maximum absolute atomic E-state index is 6.92. The van der Waals surface area contributed by atoms with Gasteiger partial charge in [0.1, 0.15) is 11.2 Å². The zero-order chi connectivity index (χ0) is 40.9. The minimum Gasteiger partial charge on any atom is -0.454 e. The van der Waals surface area contributed by atoms with Crippen LogP contribution in [0, 0.1) is 20.8 Å². The average Bonchev–Trinajstić information content (AvgIpc) is 3.87. The van der Waals surface area contributed by atoms with Crippen LogP contribution in [0.3, 0.4) is 0 Å². The Morgan fingerprint density at radius 2 is 0.820 bits per heavy atom. The lowest BCUT2D eigenvalue weighted by molar-refractivity contribution is 0.663. The molecule has 0 spiro atoms. The third-order valence-electron chi connectivity index (χ3n) is 12.8. The van der Waals surface area contributed by atoms with Gasteiger partial charge in [-0.15, -0.1) is 0 Å². The van der Waals surface area contributed by atoms with E-state index in [0.29, 0.717) is 0 Å². The first-order chi connectivity index (χ1) is 29.9. The van der Waals surface area contributed by atoms with Crippen molar-refractivity contribution in [3.63, 3.8) is 0 Å². The van der Waals surface area contributed by atoms with Crippen LogP contribution in [0.4, 0.5) is 34.1 Å². The van der Waals surface area contributed by atoms with Crippen LogP contribution in [0.25, 0.3) is 76.2 Å². The second-order valence-electron chi connectivity index (χ2n) is 16.6. The summed E-state index contributed by atoms with van der Waals surface area (Å²) in [4.78, 5) is 4.80. The summed E-state index contributed by atoms with van der Waals surface area (Å²) in [7, 11) is 0. The van der Waals surface area contributed by atoms with Crippen molar-refractivity contribution in [2.24, 2.45) is 0 Å². The van der Waals surface area contributed by atoms with Crippen molar-refractivity contribution >= 4 is 110 Å². The summed E-state index contributed by atoms with van der Waals surface area (Å²) in [6, 6.07) is 61.9. The molecule has 0 saturated heterocycles. The molecule has 0 aliphatic rings. The molecule has 0 saturated carbocycles. The minimum absolute atomic E-state index is 0.876. The summed E-state index contributed by atoms with van der Waals surface area (Å²) < 4.78 is 13.8. The molecule has 0 aliphatic carbocycles. The number of para-hydroxylation sites is 4. The molecule has 10 aromatic carbocycles. The molecule has 0 aliphatic heterocycles. The molecule has 0 unspecified atom stereocenters. The fourth-order valence-corrected chi connectivity index (χ4v) is 9.95. The maximum atomic E-state index is 6.92. The van der Waals surface area contributed by atoms with Gasteiger partial charge in [-0.25, -0.2) is 0 Å². The molecule has 292 valence electrons. The average molecular weight is 787 g/mol. The molecule has 2 aromatic heterocycles. The van der Waals surface area contributed by atoms with Gasteiger partial charge in [-0.3, -0.25) is 0 Å². The van der Waals surface area contributed by atoms with Crippen LogP contribution in [0.2, 0.25) is 0 Å². The number of aryl methyl sites for hydroxylation is 4. The molecule has 0 atom stereocenters. The molecular formula is C57H42N2O2. The molecule has 2 heterocycles. The molecule has 61 heavy (non-hydrogen) atoms. The first-order valence-corrected chi connectivity index (χ1v) is 21.2. The number of benzene rings is 10. The highest BCUT2D eigenvalue weighted by atomic mass is 16.3. The molecule has 12 rings (SSSR count). The van der Waals surface area contributed by atoms with E-state index in [1.54, 1.807) is 0 Å². The number of nitrogens with zero attached hydrogens (tertiary/aromatic N) is 2. The van der Waals surface area contributed by atoms with Crippen molar-refractivity contribution in [2.75, 3.05) is 9.80 Å². The summed E-state index contributed by atoms with van der Waals surface area (Å²) >= 11 is 0. The molecule has 4 heteroatoms. The van der Waals surface area contributed by atoms with Gasteiger partial charge in [0, 0.05) is 43.7 Å². The van der Waals surface area contributed by atoms with Gasteiger partial charge < -0.3 is 18.6 Å². The molecular weight excluding hydrogens is 745 g/mol. The van der Waals surface area contributed by atoms with E-state index >= 15 is 0 Å². The summed E-state index contributed by atoms with van der Waals surface area (Å²) in [6.45, 7) is 8.64. The van der Waals surface area contributed by atoms with Gasteiger partial charge in [-0.1, -0.05) is 128 Å². The quantitative estimate of drug-likeness (QED) is 0.151. The summed E-state index contributed by atoms with van der Waals surface area (Å²) in [6.07, 6.45) is 0.902. The number of hydrogen-bond donors (Lipinski definition) is 0. The Kier molecular flexibility index (Phi) is 7.82. The Morgan fingerprint density at radius 3 is 1.34 bits per heavy atom. The van der Waals surface area contributed by atoms with Crippen molar-refractivity contribution in [1.29, 1.82) is 0 Å². The van der Waals surface area contributed by atoms with Crippen molar-refractivity contribution < 1.29 is 8.83 Å². The van der Waals surface area contributed by atoms with Crippen LogP contribution in [0.15, 0.2) is 179 Å². The molecule has 0 radical (unpaired) electrons. The van der Waals surface area contributed by atoms with Crippen LogP contribution in [0.1, 0.15) is 29.2 Å². The van der Waals surface area contributed by atoms with Gasteiger partial charge in [0.2, 0.25) is 0 Å². The smallest absolute Gasteiger partial charge is 0.159 e. The molecule has 0 amide bonds. The number of rotatable bonds is 7. The van der Waals surface area contributed by atoms with Gasteiger partial charge in [0.25, 0.3) is 0 Å². The monoisotopic (exact) mass is 786 g/mol. The topological polar surface area (TPSA) is 32.8 Å². The van der Waals surface area contributed by atoms with Gasteiger partial charge in [0.05, 0.1) is 22.7 Å². The fraction of sp³-hybridized carbons (Fsp3) is 0.0877. The molecule has 0 bridgehead atoms. The van der Waals surface area contributed by atoms with Gasteiger partial charge >= 0.3 is 0 Å². The van der Waals surface area contributed by atoms with Crippen LogP contribution < -0.4 is 9.80 Å².